The van der Waals surface area contributed by atoms with Crippen molar-refractivity contribution in [3.63, 3.8) is 0 Å². The van der Waals surface area contributed by atoms with Gasteiger partial charge in [0.2, 0.25) is 0 Å². The van der Waals surface area contributed by atoms with Crippen LogP contribution in [0.3, 0.4) is 0 Å². The van der Waals surface area contributed by atoms with Crippen molar-refractivity contribution >= 4 is 17.5 Å². The van der Waals surface area contributed by atoms with E-state index in [4.69, 9.17) is 0 Å². The maximum Gasteiger partial charge on any atom is 0.306 e. The van der Waals surface area contributed by atoms with E-state index < -0.39 is 35.4 Å². The molecule has 2 aliphatic rings. The van der Waals surface area contributed by atoms with Crippen LogP contribution in [0.1, 0.15) is 59.3 Å². The normalized spacial score (nSPS) is 32.1. The van der Waals surface area contributed by atoms with Gasteiger partial charge in [-0.05, 0) is 42.6 Å². The maximum atomic E-state index is 12.9. The lowest BCUT2D eigenvalue weighted by atomic mass is 9.55. The molecule has 2 rings (SSSR count). The second-order valence-corrected chi connectivity index (χ2v) is 8.33. The monoisotopic (exact) mass is 380 g/mol. The van der Waals surface area contributed by atoms with Gasteiger partial charge in [0.25, 0.3) is 0 Å². The van der Waals surface area contributed by atoms with Crippen LogP contribution in [0.2, 0.25) is 0 Å². The van der Waals surface area contributed by atoms with Gasteiger partial charge < -0.3 is 15.3 Å². The summed E-state index contributed by atoms with van der Waals surface area (Å²) in [6.45, 7) is 5.51. The van der Waals surface area contributed by atoms with Crippen molar-refractivity contribution in [1.82, 2.24) is 0 Å². The highest BCUT2D eigenvalue weighted by Crippen LogP contribution is 2.51. The summed E-state index contributed by atoms with van der Waals surface area (Å²) in [5.41, 5.74) is 0.397. The van der Waals surface area contributed by atoms with Crippen LogP contribution in [-0.2, 0) is 14.4 Å². The van der Waals surface area contributed by atoms with Crippen molar-refractivity contribution in [2.75, 3.05) is 6.61 Å². The molecule has 0 bridgehead atoms. The standard InChI is InChI=1S/C21H32O6/c1-4-5-6-12(3)16-18(15(23)7-8-22)17-13(19(24)20(16)25)9-11(2)10-14(17)21(26)27/h11-14,17-18,22,25H,4-10H2,1-3H3,(H,26,27)/t11-,12+,13+,14-,17-,18?/m0/s1. The lowest BCUT2D eigenvalue weighted by molar-refractivity contribution is -0.152. The van der Waals surface area contributed by atoms with Crippen molar-refractivity contribution in [2.24, 2.45) is 35.5 Å². The minimum Gasteiger partial charge on any atom is -0.504 e. The number of allylic oxidation sites excluding steroid dienone is 2. The molecule has 0 saturated heterocycles. The van der Waals surface area contributed by atoms with E-state index in [0.29, 0.717) is 18.4 Å². The number of unbranched alkanes of at least 4 members (excludes halogenated alkanes) is 1. The molecule has 0 aromatic carbocycles. The van der Waals surface area contributed by atoms with Gasteiger partial charge in [0.05, 0.1) is 5.92 Å². The summed E-state index contributed by atoms with van der Waals surface area (Å²) in [7, 11) is 0. The summed E-state index contributed by atoms with van der Waals surface area (Å²) in [6, 6.07) is 0. The number of hydrogen-bond donors (Lipinski definition) is 3. The van der Waals surface area contributed by atoms with Gasteiger partial charge in [0.1, 0.15) is 5.78 Å². The largest absolute Gasteiger partial charge is 0.504 e. The molecule has 3 N–H and O–H groups in total. The Kier molecular flexibility index (Phi) is 7.20. The van der Waals surface area contributed by atoms with Crippen LogP contribution in [0, 0.1) is 35.5 Å². The topological polar surface area (TPSA) is 112 Å². The van der Waals surface area contributed by atoms with E-state index in [1.807, 2.05) is 20.8 Å². The Morgan fingerprint density at radius 2 is 1.93 bits per heavy atom. The van der Waals surface area contributed by atoms with Crippen molar-refractivity contribution in [3.05, 3.63) is 11.3 Å². The Morgan fingerprint density at radius 3 is 2.48 bits per heavy atom. The average molecular weight is 380 g/mol. The Morgan fingerprint density at radius 1 is 1.26 bits per heavy atom. The number of aliphatic hydroxyl groups excluding tert-OH is 2. The molecule has 152 valence electrons. The van der Waals surface area contributed by atoms with E-state index in [9.17, 15) is 29.7 Å². The van der Waals surface area contributed by atoms with Crippen LogP contribution in [-0.4, -0.2) is 39.5 Å². The molecule has 0 heterocycles. The smallest absolute Gasteiger partial charge is 0.306 e. The Labute approximate surface area is 160 Å². The fourth-order valence-corrected chi connectivity index (χ4v) is 5.10. The molecular formula is C21H32O6. The second kappa shape index (κ2) is 9.00. The first-order valence-electron chi connectivity index (χ1n) is 10.1. The molecule has 0 spiro atoms. The number of carboxylic acid groups (broad SMARTS) is 1. The van der Waals surface area contributed by atoms with Gasteiger partial charge in [0, 0.05) is 24.9 Å². The number of carbonyl (C=O) groups excluding carboxylic acids is 2. The number of carbonyl (C=O) groups is 3. The van der Waals surface area contributed by atoms with Crippen LogP contribution >= 0.6 is 0 Å². The second-order valence-electron chi connectivity index (χ2n) is 8.33. The summed E-state index contributed by atoms with van der Waals surface area (Å²) in [5.74, 6) is -5.05. The Bertz CT molecular complexity index is 622. The molecule has 6 atom stereocenters. The molecule has 2 aliphatic carbocycles. The summed E-state index contributed by atoms with van der Waals surface area (Å²) < 4.78 is 0. The quantitative estimate of drug-likeness (QED) is 0.596. The molecule has 0 aromatic rings. The predicted molar refractivity (Wildman–Crippen MR) is 100 cm³/mol. The van der Waals surface area contributed by atoms with Crippen molar-refractivity contribution in [3.8, 4) is 0 Å². The van der Waals surface area contributed by atoms with Gasteiger partial charge in [-0.2, -0.15) is 0 Å². The third kappa shape index (κ3) is 4.26. The minimum absolute atomic E-state index is 0.0387. The Hall–Kier alpha value is -1.69. The van der Waals surface area contributed by atoms with Crippen molar-refractivity contribution < 1.29 is 29.7 Å². The molecule has 0 radical (unpaired) electrons. The molecule has 6 nitrogen and oxygen atoms in total. The van der Waals surface area contributed by atoms with E-state index in [2.05, 4.69) is 0 Å². The fourth-order valence-electron chi connectivity index (χ4n) is 5.10. The van der Waals surface area contributed by atoms with Gasteiger partial charge in [-0.1, -0.05) is 33.6 Å². The summed E-state index contributed by atoms with van der Waals surface area (Å²) in [5, 5.41) is 29.8. The molecular weight excluding hydrogens is 348 g/mol. The number of Topliss-reactive ketones (excluding diaryl/α,β-unsaturated/α-hetero) is 2. The zero-order valence-corrected chi connectivity index (χ0v) is 16.5. The highest BCUT2D eigenvalue weighted by Gasteiger charge is 2.54. The number of carboxylic acids is 1. The number of hydrogen-bond acceptors (Lipinski definition) is 5. The Balaban J connectivity index is 2.57. The number of ketones is 2. The lowest BCUT2D eigenvalue weighted by Crippen LogP contribution is -2.50. The van der Waals surface area contributed by atoms with Gasteiger partial charge in [-0.15, -0.1) is 0 Å². The van der Waals surface area contributed by atoms with Gasteiger partial charge in [-0.25, -0.2) is 0 Å². The average Bonchev–Trinajstić information content (AvgIpc) is 2.62. The first kappa shape index (κ1) is 21.6. The molecule has 1 unspecified atom stereocenters. The molecule has 0 amide bonds. The van der Waals surface area contributed by atoms with Gasteiger partial charge >= 0.3 is 5.97 Å². The van der Waals surface area contributed by atoms with Crippen LogP contribution in [0.4, 0.5) is 0 Å². The van der Waals surface area contributed by atoms with Crippen molar-refractivity contribution in [1.29, 1.82) is 0 Å². The minimum atomic E-state index is -0.993. The van der Waals surface area contributed by atoms with Crippen LogP contribution in [0.15, 0.2) is 11.3 Å². The van der Waals surface area contributed by atoms with E-state index in [-0.39, 0.29) is 36.4 Å². The summed E-state index contributed by atoms with van der Waals surface area (Å²) in [4.78, 5) is 37.8. The van der Waals surface area contributed by atoms with Crippen LogP contribution in [0.25, 0.3) is 0 Å². The fraction of sp³-hybridized carbons (Fsp3) is 0.762. The van der Waals surface area contributed by atoms with Crippen LogP contribution in [0.5, 0.6) is 0 Å². The first-order chi connectivity index (χ1) is 12.7. The number of aliphatic carboxylic acids is 1. The van der Waals surface area contributed by atoms with E-state index >= 15 is 0 Å². The van der Waals surface area contributed by atoms with Gasteiger partial charge in [-0.3, -0.25) is 14.4 Å². The highest BCUT2D eigenvalue weighted by atomic mass is 16.4. The van der Waals surface area contributed by atoms with Crippen molar-refractivity contribution in [2.45, 2.75) is 59.3 Å². The summed E-state index contributed by atoms with van der Waals surface area (Å²) >= 11 is 0. The van der Waals surface area contributed by atoms with E-state index in [1.165, 1.54) is 0 Å². The molecule has 27 heavy (non-hydrogen) atoms. The lowest BCUT2D eigenvalue weighted by Gasteiger charge is -2.46. The molecule has 1 fully saturated rings. The molecule has 6 heteroatoms. The third-order valence-corrected chi connectivity index (χ3v) is 6.35. The zero-order chi connectivity index (χ0) is 20.3. The number of aliphatic hydroxyl groups is 2. The first-order valence-corrected chi connectivity index (χ1v) is 10.1. The van der Waals surface area contributed by atoms with Gasteiger partial charge in [0.15, 0.2) is 11.5 Å². The predicted octanol–water partition coefficient (Wildman–Crippen LogP) is 3.14. The SMILES string of the molecule is CCCC[C@@H](C)C1=C(O)C(=O)[C@@H]2C[C@H](C)C[C@H](C(=O)O)[C@H]2C1C(=O)CCO. The zero-order valence-electron chi connectivity index (χ0n) is 16.5. The third-order valence-electron chi connectivity index (χ3n) is 6.35. The van der Waals surface area contributed by atoms with E-state index in [1.54, 1.807) is 0 Å². The highest BCUT2D eigenvalue weighted by molar-refractivity contribution is 6.00. The number of rotatable bonds is 8. The van der Waals surface area contributed by atoms with E-state index in [0.717, 1.165) is 19.3 Å². The summed E-state index contributed by atoms with van der Waals surface area (Å²) in [6.07, 6.45) is 3.36. The number of fused-ring (bicyclic) bond motifs is 1. The molecule has 0 aromatic heterocycles. The molecule has 0 aliphatic heterocycles. The maximum absolute atomic E-state index is 12.9. The molecule has 1 saturated carbocycles. The van der Waals surface area contributed by atoms with Crippen LogP contribution < -0.4 is 0 Å².